The molecule has 1 heterocycles. The van der Waals surface area contributed by atoms with Crippen molar-refractivity contribution in [1.29, 1.82) is 0 Å². The fourth-order valence-electron chi connectivity index (χ4n) is 2.51. The minimum Gasteiger partial charge on any atom is -0.301 e. The van der Waals surface area contributed by atoms with Crippen molar-refractivity contribution in [1.82, 2.24) is 9.88 Å². The van der Waals surface area contributed by atoms with Crippen LogP contribution in [-0.4, -0.2) is 29.5 Å². The standard InChI is InChI=1S/C19H25ClN2/c1-3-16-5-7-18(8-6-16)19(20)15-22(4-2)14-11-17-9-12-21-13-10-17/h5-10,12-13,19H,3-4,11,14-15H2,1-2H3. The third kappa shape index (κ3) is 5.11. The van der Waals surface area contributed by atoms with E-state index < -0.39 is 0 Å². The molecule has 0 N–H and O–H groups in total. The van der Waals surface area contributed by atoms with Crippen molar-refractivity contribution < 1.29 is 0 Å². The maximum absolute atomic E-state index is 6.61. The molecule has 0 radical (unpaired) electrons. The number of alkyl halides is 1. The van der Waals surface area contributed by atoms with Gasteiger partial charge in [-0.3, -0.25) is 4.98 Å². The van der Waals surface area contributed by atoms with Crippen LogP contribution in [0, 0.1) is 0 Å². The van der Waals surface area contributed by atoms with E-state index in [1.807, 2.05) is 12.4 Å². The first-order valence-corrected chi connectivity index (χ1v) is 8.50. The van der Waals surface area contributed by atoms with Gasteiger partial charge in [0.1, 0.15) is 0 Å². The highest BCUT2D eigenvalue weighted by Gasteiger charge is 2.12. The molecule has 2 nitrogen and oxygen atoms in total. The Bertz CT molecular complexity index is 539. The number of halogens is 1. The normalized spacial score (nSPS) is 12.5. The van der Waals surface area contributed by atoms with Crippen LogP contribution in [0.1, 0.15) is 35.9 Å². The molecule has 0 aliphatic heterocycles. The Morgan fingerprint density at radius 1 is 1.00 bits per heavy atom. The maximum Gasteiger partial charge on any atom is 0.0712 e. The van der Waals surface area contributed by atoms with Gasteiger partial charge in [0.05, 0.1) is 5.38 Å². The molecular formula is C19H25ClN2. The Labute approximate surface area is 139 Å². The lowest BCUT2D eigenvalue weighted by Gasteiger charge is -2.23. The second-order valence-electron chi connectivity index (χ2n) is 5.56. The zero-order chi connectivity index (χ0) is 15.8. The third-order valence-electron chi connectivity index (χ3n) is 4.08. The minimum absolute atomic E-state index is 0.0447. The van der Waals surface area contributed by atoms with Gasteiger partial charge < -0.3 is 4.90 Å². The first kappa shape index (κ1) is 17.0. The summed E-state index contributed by atoms with van der Waals surface area (Å²) in [7, 11) is 0. The molecule has 2 aromatic rings. The summed E-state index contributed by atoms with van der Waals surface area (Å²) in [5, 5.41) is 0.0447. The Morgan fingerprint density at radius 2 is 1.68 bits per heavy atom. The third-order valence-corrected chi connectivity index (χ3v) is 4.47. The Morgan fingerprint density at radius 3 is 2.27 bits per heavy atom. The van der Waals surface area contributed by atoms with Gasteiger partial charge >= 0.3 is 0 Å². The summed E-state index contributed by atoms with van der Waals surface area (Å²) in [5.74, 6) is 0. The van der Waals surface area contributed by atoms with Gasteiger partial charge in [0, 0.05) is 25.5 Å². The van der Waals surface area contributed by atoms with Crippen molar-refractivity contribution in [3.8, 4) is 0 Å². The summed E-state index contributed by atoms with van der Waals surface area (Å²) in [6, 6.07) is 12.8. The highest BCUT2D eigenvalue weighted by molar-refractivity contribution is 6.21. The van der Waals surface area contributed by atoms with Crippen LogP contribution >= 0.6 is 11.6 Å². The molecule has 0 aliphatic rings. The second-order valence-corrected chi connectivity index (χ2v) is 6.09. The first-order chi connectivity index (χ1) is 10.7. The van der Waals surface area contributed by atoms with E-state index in [1.54, 1.807) is 0 Å². The molecular weight excluding hydrogens is 292 g/mol. The highest BCUT2D eigenvalue weighted by Crippen LogP contribution is 2.22. The van der Waals surface area contributed by atoms with Crippen LogP contribution < -0.4 is 0 Å². The van der Waals surface area contributed by atoms with Crippen molar-refractivity contribution in [3.63, 3.8) is 0 Å². The number of hydrogen-bond acceptors (Lipinski definition) is 2. The lowest BCUT2D eigenvalue weighted by atomic mass is 10.1. The molecule has 0 aliphatic carbocycles. The van der Waals surface area contributed by atoms with E-state index in [9.17, 15) is 0 Å². The molecule has 1 aromatic carbocycles. The summed E-state index contributed by atoms with van der Waals surface area (Å²) < 4.78 is 0. The number of nitrogens with zero attached hydrogens (tertiary/aromatic N) is 2. The average Bonchev–Trinajstić information content (AvgIpc) is 2.59. The molecule has 0 saturated carbocycles. The number of aryl methyl sites for hydroxylation is 1. The minimum atomic E-state index is 0.0447. The van der Waals surface area contributed by atoms with E-state index in [4.69, 9.17) is 11.6 Å². The molecule has 0 fully saturated rings. The smallest absolute Gasteiger partial charge is 0.0712 e. The lowest BCUT2D eigenvalue weighted by Crippen LogP contribution is -2.29. The molecule has 1 aromatic heterocycles. The number of hydrogen-bond donors (Lipinski definition) is 0. The van der Waals surface area contributed by atoms with Crippen molar-refractivity contribution in [2.75, 3.05) is 19.6 Å². The van der Waals surface area contributed by atoms with Crippen LogP contribution in [0.3, 0.4) is 0 Å². The van der Waals surface area contributed by atoms with Gasteiger partial charge in [0.2, 0.25) is 0 Å². The van der Waals surface area contributed by atoms with E-state index in [0.717, 1.165) is 32.5 Å². The molecule has 1 unspecified atom stereocenters. The molecule has 0 bridgehead atoms. The van der Waals surface area contributed by atoms with E-state index in [-0.39, 0.29) is 5.38 Å². The van der Waals surface area contributed by atoms with Gasteiger partial charge in [-0.15, -0.1) is 11.6 Å². The number of benzene rings is 1. The fraction of sp³-hybridized carbons (Fsp3) is 0.421. The molecule has 0 amide bonds. The van der Waals surface area contributed by atoms with Gasteiger partial charge in [0.25, 0.3) is 0 Å². The lowest BCUT2D eigenvalue weighted by molar-refractivity contribution is 0.292. The largest absolute Gasteiger partial charge is 0.301 e. The van der Waals surface area contributed by atoms with Crippen molar-refractivity contribution in [3.05, 3.63) is 65.5 Å². The average molecular weight is 317 g/mol. The Hall–Kier alpha value is -1.38. The topological polar surface area (TPSA) is 16.1 Å². The molecule has 118 valence electrons. The monoisotopic (exact) mass is 316 g/mol. The molecule has 3 heteroatoms. The predicted molar refractivity (Wildman–Crippen MR) is 94.5 cm³/mol. The van der Waals surface area contributed by atoms with E-state index >= 15 is 0 Å². The van der Waals surface area contributed by atoms with Gasteiger partial charge in [0.15, 0.2) is 0 Å². The molecule has 22 heavy (non-hydrogen) atoms. The predicted octanol–water partition coefficient (Wildman–Crippen LogP) is 4.49. The fourth-order valence-corrected chi connectivity index (χ4v) is 2.85. The van der Waals surface area contributed by atoms with Crippen molar-refractivity contribution in [2.24, 2.45) is 0 Å². The van der Waals surface area contributed by atoms with Gasteiger partial charge in [-0.05, 0) is 48.2 Å². The van der Waals surface area contributed by atoms with Crippen molar-refractivity contribution >= 4 is 11.6 Å². The van der Waals surface area contributed by atoms with Crippen LogP contribution in [0.4, 0.5) is 0 Å². The summed E-state index contributed by atoms with van der Waals surface area (Å²) in [4.78, 5) is 6.47. The second kappa shape index (κ2) is 8.92. The zero-order valence-electron chi connectivity index (χ0n) is 13.5. The van der Waals surface area contributed by atoms with Crippen LogP contribution in [0.5, 0.6) is 0 Å². The quantitative estimate of drug-likeness (QED) is 0.667. The summed E-state index contributed by atoms with van der Waals surface area (Å²) in [6.07, 6.45) is 5.81. The number of aromatic nitrogens is 1. The zero-order valence-corrected chi connectivity index (χ0v) is 14.3. The molecule has 1 atom stereocenters. The molecule has 0 saturated heterocycles. The number of likely N-dealkylation sites (N-methyl/N-ethyl adjacent to an activating group) is 1. The van der Waals surface area contributed by atoms with E-state index in [1.165, 1.54) is 16.7 Å². The van der Waals surface area contributed by atoms with Crippen LogP contribution in [0.25, 0.3) is 0 Å². The highest BCUT2D eigenvalue weighted by atomic mass is 35.5. The summed E-state index contributed by atoms with van der Waals surface area (Å²) >= 11 is 6.61. The van der Waals surface area contributed by atoms with Gasteiger partial charge in [-0.1, -0.05) is 38.1 Å². The maximum atomic E-state index is 6.61. The van der Waals surface area contributed by atoms with Gasteiger partial charge in [-0.2, -0.15) is 0 Å². The number of rotatable bonds is 8. The van der Waals surface area contributed by atoms with Crippen LogP contribution in [0.2, 0.25) is 0 Å². The summed E-state index contributed by atoms with van der Waals surface area (Å²) in [5.41, 5.74) is 3.89. The number of pyridine rings is 1. The Balaban J connectivity index is 1.88. The van der Waals surface area contributed by atoms with Crippen LogP contribution in [0.15, 0.2) is 48.8 Å². The van der Waals surface area contributed by atoms with E-state index in [0.29, 0.717) is 0 Å². The van der Waals surface area contributed by atoms with Gasteiger partial charge in [-0.25, -0.2) is 0 Å². The van der Waals surface area contributed by atoms with Crippen molar-refractivity contribution in [2.45, 2.75) is 32.1 Å². The SMILES string of the molecule is CCc1ccc(C(Cl)CN(CC)CCc2ccncc2)cc1. The van der Waals surface area contributed by atoms with Crippen LogP contribution in [-0.2, 0) is 12.8 Å². The Kier molecular flexibility index (Phi) is 6.88. The van der Waals surface area contributed by atoms with E-state index in [2.05, 4.69) is 60.1 Å². The summed E-state index contributed by atoms with van der Waals surface area (Å²) in [6.45, 7) is 7.29. The molecule has 2 rings (SSSR count). The first-order valence-electron chi connectivity index (χ1n) is 8.07. The molecule has 0 spiro atoms.